The lowest BCUT2D eigenvalue weighted by atomic mass is 10.2. The van der Waals surface area contributed by atoms with E-state index in [1.165, 1.54) is 24.1 Å². The lowest BCUT2D eigenvalue weighted by Gasteiger charge is -2.20. The largest absolute Gasteiger partial charge is 0.469 e. The van der Waals surface area contributed by atoms with E-state index in [-0.39, 0.29) is 35.4 Å². The summed E-state index contributed by atoms with van der Waals surface area (Å²) in [6, 6.07) is 3.79. The summed E-state index contributed by atoms with van der Waals surface area (Å²) >= 11 is 5.64. The van der Waals surface area contributed by atoms with Gasteiger partial charge in [-0.25, -0.2) is 4.39 Å². The van der Waals surface area contributed by atoms with Gasteiger partial charge in [0.1, 0.15) is 5.82 Å². The van der Waals surface area contributed by atoms with E-state index in [4.69, 9.17) is 11.6 Å². The molecule has 4 nitrogen and oxygen atoms in total. The second kappa shape index (κ2) is 7.09. The third-order valence-corrected chi connectivity index (χ3v) is 2.94. The molecule has 104 valence electrons. The molecule has 0 aromatic heterocycles. The van der Waals surface area contributed by atoms with Crippen molar-refractivity contribution in [2.45, 2.75) is 13.3 Å². The molecule has 0 saturated heterocycles. The lowest BCUT2D eigenvalue weighted by molar-refractivity contribution is -0.140. The first-order valence-electron chi connectivity index (χ1n) is 5.80. The predicted octanol–water partition coefficient (Wildman–Crippen LogP) is 2.50. The van der Waals surface area contributed by atoms with Gasteiger partial charge in [-0.15, -0.1) is 0 Å². The third kappa shape index (κ3) is 4.21. The molecule has 1 amide bonds. The number of amides is 1. The highest BCUT2D eigenvalue weighted by molar-refractivity contribution is 6.31. The Balaban J connectivity index is 2.77. The van der Waals surface area contributed by atoms with Crippen molar-refractivity contribution in [1.82, 2.24) is 4.90 Å². The molecule has 0 bridgehead atoms. The van der Waals surface area contributed by atoms with Gasteiger partial charge in [0.05, 0.1) is 18.6 Å². The van der Waals surface area contributed by atoms with Crippen molar-refractivity contribution in [1.29, 1.82) is 0 Å². The number of methoxy groups -OCH3 is 1. The van der Waals surface area contributed by atoms with Gasteiger partial charge < -0.3 is 9.64 Å². The Kier molecular flexibility index (Phi) is 5.76. The van der Waals surface area contributed by atoms with Gasteiger partial charge in [0, 0.05) is 18.7 Å². The summed E-state index contributed by atoms with van der Waals surface area (Å²) in [7, 11) is 1.29. The molecule has 0 aliphatic heterocycles. The predicted molar refractivity (Wildman–Crippen MR) is 69.6 cm³/mol. The van der Waals surface area contributed by atoms with Crippen molar-refractivity contribution in [2.75, 3.05) is 20.2 Å². The zero-order valence-corrected chi connectivity index (χ0v) is 11.5. The zero-order valence-electron chi connectivity index (χ0n) is 10.8. The minimum absolute atomic E-state index is 0.102. The van der Waals surface area contributed by atoms with E-state index in [1.54, 1.807) is 6.92 Å². The van der Waals surface area contributed by atoms with Crippen LogP contribution in [0.2, 0.25) is 5.02 Å². The quantitative estimate of drug-likeness (QED) is 0.782. The Bertz CT molecular complexity index is 479. The van der Waals surface area contributed by atoms with Crippen molar-refractivity contribution in [2.24, 2.45) is 0 Å². The smallest absolute Gasteiger partial charge is 0.307 e. The van der Waals surface area contributed by atoms with Crippen molar-refractivity contribution in [3.63, 3.8) is 0 Å². The molecule has 1 aromatic rings. The summed E-state index contributed by atoms with van der Waals surface area (Å²) in [6.45, 7) is 2.47. The van der Waals surface area contributed by atoms with Crippen LogP contribution in [0.25, 0.3) is 0 Å². The number of rotatable bonds is 5. The highest BCUT2D eigenvalue weighted by Gasteiger charge is 2.16. The van der Waals surface area contributed by atoms with E-state index < -0.39 is 5.82 Å². The Hall–Kier alpha value is -1.62. The number of hydrogen-bond acceptors (Lipinski definition) is 3. The zero-order chi connectivity index (χ0) is 14.4. The molecule has 0 radical (unpaired) electrons. The van der Waals surface area contributed by atoms with Crippen LogP contribution in [-0.4, -0.2) is 37.0 Å². The molecule has 0 N–H and O–H groups in total. The van der Waals surface area contributed by atoms with Crippen molar-refractivity contribution >= 4 is 23.5 Å². The first kappa shape index (κ1) is 15.4. The number of carbonyl (C=O) groups is 2. The van der Waals surface area contributed by atoms with Crippen LogP contribution in [0.4, 0.5) is 4.39 Å². The monoisotopic (exact) mass is 287 g/mol. The summed E-state index contributed by atoms with van der Waals surface area (Å²) < 4.78 is 17.5. The topological polar surface area (TPSA) is 46.6 Å². The highest BCUT2D eigenvalue weighted by atomic mass is 35.5. The van der Waals surface area contributed by atoms with Crippen LogP contribution in [0.3, 0.4) is 0 Å². The average Bonchev–Trinajstić information content (AvgIpc) is 2.41. The van der Waals surface area contributed by atoms with E-state index in [1.807, 2.05) is 0 Å². The first-order valence-corrected chi connectivity index (χ1v) is 6.18. The number of nitrogens with zero attached hydrogens (tertiary/aromatic N) is 1. The van der Waals surface area contributed by atoms with Crippen LogP contribution in [0.15, 0.2) is 18.2 Å². The molecule has 0 fully saturated rings. The Morgan fingerprint density at radius 2 is 2.11 bits per heavy atom. The van der Waals surface area contributed by atoms with Gasteiger partial charge in [0.15, 0.2) is 0 Å². The molecular weight excluding hydrogens is 273 g/mol. The summed E-state index contributed by atoms with van der Waals surface area (Å²) in [6.07, 6.45) is 0.116. The van der Waals surface area contributed by atoms with Gasteiger partial charge in [-0.3, -0.25) is 9.59 Å². The van der Waals surface area contributed by atoms with Crippen LogP contribution < -0.4 is 0 Å². The second-order valence-electron chi connectivity index (χ2n) is 3.84. The second-order valence-corrected chi connectivity index (χ2v) is 4.25. The minimum Gasteiger partial charge on any atom is -0.469 e. The van der Waals surface area contributed by atoms with Gasteiger partial charge in [0.25, 0.3) is 5.91 Å². The number of carbonyl (C=O) groups excluding carboxylic acids is 2. The SMILES string of the molecule is CCN(CCC(=O)OC)C(=O)c1ccc(F)c(Cl)c1. The normalized spacial score (nSPS) is 10.1. The van der Waals surface area contributed by atoms with Gasteiger partial charge >= 0.3 is 5.97 Å². The molecule has 0 heterocycles. The number of ether oxygens (including phenoxy) is 1. The fraction of sp³-hybridized carbons (Fsp3) is 0.385. The van der Waals surface area contributed by atoms with Gasteiger partial charge in [-0.05, 0) is 25.1 Å². The average molecular weight is 288 g/mol. The van der Waals surface area contributed by atoms with E-state index >= 15 is 0 Å². The molecule has 0 atom stereocenters. The van der Waals surface area contributed by atoms with Crippen LogP contribution in [0, 0.1) is 5.82 Å². The fourth-order valence-electron chi connectivity index (χ4n) is 1.54. The molecule has 1 rings (SSSR count). The molecular formula is C13H15ClFNO3. The Morgan fingerprint density at radius 1 is 1.42 bits per heavy atom. The molecule has 0 unspecified atom stereocenters. The maximum absolute atomic E-state index is 13.0. The molecule has 19 heavy (non-hydrogen) atoms. The summed E-state index contributed by atoms with van der Waals surface area (Å²) in [5.74, 6) is -1.26. The Labute approximate surface area is 116 Å². The van der Waals surface area contributed by atoms with E-state index in [0.29, 0.717) is 6.54 Å². The van der Waals surface area contributed by atoms with E-state index in [2.05, 4.69) is 4.74 Å². The molecule has 0 spiro atoms. The van der Waals surface area contributed by atoms with Crippen LogP contribution in [0.1, 0.15) is 23.7 Å². The number of benzene rings is 1. The highest BCUT2D eigenvalue weighted by Crippen LogP contribution is 2.17. The molecule has 1 aromatic carbocycles. The Morgan fingerprint density at radius 3 is 2.63 bits per heavy atom. The maximum atomic E-state index is 13.0. The molecule has 0 aliphatic carbocycles. The standard InChI is InChI=1S/C13H15ClFNO3/c1-3-16(7-6-12(17)19-2)13(18)9-4-5-11(15)10(14)8-9/h4-5,8H,3,6-7H2,1-2H3. The van der Waals surface area contributed by atoms with Crippen molar-refractivity contribution < 1.29 is 18.7 Å². The van der Waals surface area contributed by atoms with Gasteiger partial charge in [0.2, 0.25) is 0 Å². The molecule has 0 aliphatic rings. The summed E-state index contributed by atoms with van der Waals surface area (Å²) in [4.78, 5) is 24.7. The van der Waals surface area contributed by atoms with E-state index in [9.17, 15) is 14.0 Å². The van der Waals surface area contributed by atoms with Gasteiger partial charge in [-0.2, -0.15) is 0 Å². The third-order valence-electron chi connectivity index (χ3n) is 2.65. The summed E-state index contributed by atoms with van der Waals surface area (Å²) in [5.41, 5.74) is 0.290. The van der Waals surface area contributed by atoms with Crippen LogP contribution >= 0.6 is 11.6 Å². The van der Waals surface area contributed by atoms with Gasteiger partial charge in [-0.1, -0.05) is 11.6 Å². The first-order chi connectivity index (χ1) is 8.99. The van der Waals surface area contributed by atoms with Crippen molar-refractivity contribution in [3.05, 3.63) is 34.6 Å². The van der Waals surface area contributed by atoms with E-state index in [0.717, 1.165) is 6.07 Å². The number of hydrogen-bond donors (Lipinski definition) is 0. The number of esters is 1. The van der Waals surface area contributed by atoms with Crippen molar-refractivity contribution in [3.8, 4) is 0 Å². The van der Waals surface area contributed by atoms with Crippen LogP contribution in [-0.2, 0) is 9.53 Å². The number of halogens is 2. The molecule has 0 saturated carbocycles. The fourth-order valence-corrected chi connectivity index (χ4v) is 1.72. The molecule has 6 heteroatoms. The minimum atomic E-state index is -0.573. The lowest BCUT2D eigenvalue weighted by Crippen LogP contribution is -2.33. The maximum Gasteiger partial charge on any atom is 0.307 e. The van der Waals surface area contributed by atoms with Crippen LogP contribution in [0.5, 0.6) is 0 Å². The summed E-state index contributed by atoms with van der Waals surface area (Å²) in [5, 5.41) is -0.102.